The van der Waals surface area contributed by atoms with Crippen molar-refractivity contribution in [1.29, 1.82) is 0 Å². The Labute approximate surface area is 315 Å². The molecular formula is C52H30N2O. The van der Waals surface area contributed by atoms with Crippen LogP contribution < -0.4 is 0 Å². The minimum atomic E-state index is 0.664. The average Bonchev–Trinajstić information content (AvgIpc) is 3.63. The topological polar surface area (TPSA) is 38.9 Å². The summed E-state index contributed by atoms with van der Waals surface area (Å²) in [7, 11) is 0. The molecule has 2 heterocycles. The molecule has 0 spiro atoms. The summed E-state index contributed by atoms with van der Waals surface area (Å²) >= 11 is 0. The third kappa shape index (κ3) is 4.50. The van der Waals surface area contributed by atoms with E-state index in [4.69, 9.17) is 14.4 Å². The van der Waals surface area contributed by atoms with Crippen molar-refractivity contribution in [3.8, 4) is 33.8 Å². The predicted octanol–water partition coefficient (Wildman–Crippen LogP) is 14.3. The Morgan fingerprint density at radius 1 is 0.291 bits per heavy atom. The Kier molecular flexibility index (Phi) is 6.34. The lowest BCUT2D eigenvalue weighted by Gasteiger charge is -2.15. The van der Waals surface area contributed by atoms with Crippen molar-refractivity contribution in [2.24, 2.45) is 0 Å². The largest absolute Gasteiger partial charge is 0.456 e. The van der Waals surface area contributed by atoms with E-state index in [9.17, 15) is 0 Å². The van der Waals surface area contributed by atoms with Crippen molar-refractivity contribution in [2.75, 3.05) is 0 Å². The molecule has 3 nitrogen and oxygen atoms in total. The predicted molar refractivity (Wildman–Crippen MR) is 231 cm³/mol. The van der Waals surface area contributed by atoms with Crippen LogP contribution in [0, 0.1) is 0 Å². The lowest BCUT2D eigenvalue weighted by atomic mass is 9.93. The first-order valence-electron chi connectivity index (χ1n) is 18.7. The third-order valence-corrected chi connectivity index (χ3v) is 11.4. The van der Waals surface area contributed by atoms with Crippen LogP contribution in [0.15, 0.2) is 186 Å². The first kappa shape index (κ1) is 30.1. The number of rotatable bonds is 3. The molecular weight excluding hydrogens is 669 g/mol. The number of furan rings is 1. The molecule has 0 aliphatic rings. The maximum Gasteiger partial charge on any atom is 0.160 e. The van der Waals surface area contributed by atoms with E-state index in [0.29, 0.717) is 5.82 Å². The highest BCUT2D eigenvalue weighted by Crippen LogP contribution is 2.43. The molecule has 0 atom stereocenters. The van der Waals surface area contributed by atoms with Gasteiger partial charge in [0.25, 0.3) is 0 Å². The molecule has 0 bridgehead atoms. The van der Waals surface area contributed by atoms with Crippen LogP contribution in [0.4, 0.5) is 0 Å². The molecule has 10 aromatic carbocycles. The second kappa shape index (κ2) is 11.6. The van der Waals surface area contributed by atoms with Gasteiger partial charge in [-0.25, -0.2) is 9.97 Å². The molecule has 0 amide bonds. The molecule has 0 aliphatic carbocycles. The van der Waals surface area contributed by atoms with E-state index in [1.54, 1.807) is 0 Å². The molecule has 12 rings (SSSR count). The van der Waals surface area contributed by atoms with Crippen molar-refractivity contribution in [3.05, 3.63) is 182 Å². The van der Waals surface area contributed by atoms with E-state index in [1.165, 1.54) is 48.7 Å². The van der Waals surface area contributed by atoms with Crippen molar-refractivity contribution >= 4 is 86.7 Å². The molecule has 3 heteroatoms. The maximum absolute atomic E-state index is 6.72. The fourth-order valence-corrected chi connectivity index (χ4v) is 8.90. The van der Waals surface area contributed by atoms with Crippen LogP contribution in [0.25, 0.3) is 120 Å². The number of nitrogens with zero attached hydrogens (tertiary/aromatic N) is 2. The lowest BCUT2D eigenvalue weighted by molar-refractivity contribution is 0.669. The summed E-state index contributed by atoms with van der Waals surface area (Å²) in [5.74, 6) is 0.664. The van der Waals surface area contributed by atoms with Gasteiger partial charge in [-0.15, -0.1) is 0 Å². The highest BCUT2D eigenvalue weighted by atomic mass is 16.3. The number of benzene rings is 10. The van der Waals surface area contributed by atoms with Crippen molar-refractivity contribution in [2.45, 2.75) is 0 Å². The highest BCUT2D eigenvalue weighted by Gasteiger charge is 2.20. The first-order valence-corrected chi connectivity index (χ1v) is 18.7. The Morgan fingerprint density at radius 3 is 1.53 bits per heavy atom. The van der Waals surface area contributed by atoms with Crippen LogP contribution >= 0.6 is 0 Å². The smallest absolute Gasteiger partial charge is 0.160 e. The average molecular weight is 699 g/mol. The Hall–Kier alpha value is -7.36. The molecule has 55 heavy (non-hydrogen) atoms. The van der Waals surface area contributed by atoms with E-state index in [0.717, 1.165) is 66.0 Å². The van der Waals surface area contributed by atoms with Crippen LogP contribution in [0.3, 0.4) is 0 Å². The molecule has 0 saturated heterocycles. The van der Waals surface area contributed by atoms with Gasteiger partial charge in [-0.3, -0.25) is 0 Å². The zero-order chi connectivity index (χ0) is 36.0. The minimum Gasteiger partial charge on any atom is -0.456 e. The van der Waals surface area contributed by atoms with Gasteiger partial charge >= 0.3 is 0 Å². The van der Waals surface area contributed by atoms with E-state index >= 15 is 0 Å². The Balaban J connectivity index is 1.13. The first-order chi connectivity index (χ1) is 27.3. The molecule has 0 fully saturated rings. The van der Waals surface area contributed by atoms with Crippen molar-refractivity contribution < 1.29 is 4.42 Å². The van der Waals surface area contributed by atoms with Gasteiger partial charge in [0.1, 0.15) is 11.2 Å². The lowest BCUT2D eigenvalue weighted by Crippen LogP contribution is -1.97. The van der Waals surface area contributed by atoms with E-state index in [2.05, 4.69) is 182 Å². The van der Waals surface area contributed by atoms with Crippen LogP contribution in [-0.4, -0.2) is 9.97 Å². The van der Waals surface area contributed by atoms with Crippen LogP contribution in [0.2, 0.25) is 0 Å². The summed E-state index contributed by atoms with van der Waals surface area (Å²) in [6, 6.07) is 64.8. The summed E-state index contributed by atoms with van der Waals surface area (Å²) in [4.78, 5) is 10.9. The Morgan fingerprint density at radius 2 is 0.818 bits per heavy atom. The Bertz CT molecular complexity index is 3550. The molecule has 0 N–H and O–H groups in total. The van der Waals surface area contributed by atoms with E-state index in [1.807, 2.05) is 0 Å². The van der Waals surface area contributed by atoms with Crippen molar-refractivity contribution in [3.63, 3.8) is 0 Å². The van der Waals surface area contributed by atoms with E-state index in [-0.39, 0.29) is 0 Å². The van der Waals surface area contributed by atoms with Gasteiger partial charge in [0.05, 0.1) is 11.2 Å². The second-order valence-corrected chi connectivity index (χ2v) is 14.5. The monoisotopic (exact) mass is 698 g/mol. The number of hydrogen-bond acceptors (Lipinski definition) is 3. The summed E-state index contributed by atoms with van der Waals surface area (Å²) in [6.07, 6.45) is 0. The third-order valence-electron chi connectivity index (χ3n) is 11.4. The zero-order valence-electron chi connectivity index (χ0n) is 29.6. The standard InChI is InChI=1S/C52H30N2O/c1-2-13-31(14-3-1)32-15-12-16-33(27-32)50-49-42-23-10-8-19-37(42)38-20-9-11-24-43(38)51(49)54-52(53-50)34-25-26-41-46-29-44-39-21-6-4-17-35(39)36-18-5-7-22-40(36)45(44)30-48(46)55-47(41)28-34/h1-30H. The van der Waals surface area contributed by atoms with Gasteiger partial charge in [-0.1, -0.05) is 152 Å². The fraction of sp³-hybridized carbons (Fsp3) is 0. The molecule has 12 aromatic rings. The fourth-order valence-electron chi connectivity index (χ4n) is 8.90. The van der Waals surface area contributed by atoms with Crippen LogP contribution in [0.1, 0.15) is 0 Å². The van der Waals surface area contributed by atoms with Crippen molar-refractivity contribution in [1.82, 2.24) is 9.97 Å². The molecule has 0 radical (unpaired) electrons. The zero-order valence-corrected chi connectivity index (χ0v) is 29.6. The number of fused-ring (bicyclic) bond motifs is 15. The molecule has 2 aromatic heterocycles. The number of aromatic nitrogens is 2. The quantitative estimate of drug-likeness (QED) is 0.172. The van der Waals surface area contributed by atoms with Gasteiger partial charge in [0.15, 0.2) is 5.82 Å². The highest BCUT2D eigenvalue weighted by molar-refractivity contribution is 6.29. The van der Waals surface area contributed by atoms with Gasteiger partial charge in [0.2, 0.25) is 0 Å². The van der Waals surface area contributed by atoms with Crippen LogP contribution in [0.5, 0.6) is 0 Å². The minimum absolute atomic E-state index is 0.664. The van der Waals surface area contributed by atoms with Gasteiger partial charge in [0, 0.05) is 32.7 Å². The molecule has 0 unspecified atom stereocenters. The SMILES string of the molecule is c1ccc(-c2cccc(-c3nc(-c4ccc5c(c4)oc4cc6c7ccccc7c7ccccc7c6cc45)nc4c5ccccc5c5ccccc5c34)c2)cc1. The maximum atomic E-state index is 6.72. The van der Waals surface area contributed by atoms with Crippen LogP contribution in [-0.2, 0) is 0 Å². The van der Waals surface area contributed by atoms with Gasteiger partial charge in [-0.2, -0.15) is 0 Å². The van der Waals surface area contributed by atoms with E-state index < -0.39 is 0 Å². The van der Waals surface area contributed by atoms with Gasteiger partial charge < -0.3 is 4.42 Å². The summed E-state index contributed by atoms with van der Waals surface area (Å²) < 4.78 is 6.72. The molecule has 254 valence electrons. The molecule has 0 saturated carbocycles. The summed E-state index contributed by atoms with van der Waals surface area (Å²) in [6.45, 7) is 0. The normalized spacial score (nSPS) is 12.0. The molecule has 0 aliphatic heterocycles. The summed E-state index contributed by atoms with van der Waals surface area (Å²) in [5.41, 5.74) is 7.81. The second-order valence-electron chi connectivity index (χ2n) is 14.5. The number of hydrogen-bond donors (Lipinski definition) is 0. The van der Waals surface area contributed by atoms with Gasteiger partial charge in [-0.05, 0) is 89.9 Å². The summed E-state index contributed by atoms with van der Waals surface area (Å²) in [5, 5.41) is 15.3.